The Morgan fingerprint density at radius 1 is 1.54 bits per heavy atom. The monoisotopic (exact) mass is 200 g/mol. The van der Waals surface area contributed by atoms with E-state index in [2.05, 4.69) is 9.71 Å². The van der Waals surface area contributed by atoms with E-state index in [-0.39, 0.29) is 5.75 Å². The smallest absolute Gasteiger partial charge is 0.215 e. The Hall–Kier alpha value is -0.940. The molecular formula is C8H12N2O2S. The van der Waals surface area contributed by atoms with E-state index in [1.807, 2.05) is 6.92 Å². The Bertz CT molecular complexity index is 387. The van der Waals surface area contributed by atoms with E-state index in [1.54, 1.807) is 18.3 Å². The van der Waals surface area contributed by atoms with Crippen molar-refractivity contribution in [3.8, 4) is 0 Å². The van der Waals surface area contributed by atoms with E-state index in [4.69, 9.17) is 0 Å². The zero-order valence-corrected chi connectivity index (χ0v) is 8.43. The summed E-state index contributed by atoms with van der Waals surface area (Å²) in [6.07, 6.45) is 1.61. The van der Waals surface area contributed by atoms with Crippen molar-refractivity contribution in [3.05, 3.63) is 29.6 Å². The molecule has 0 aliphatic carbocycles. The zero-order chi connectivity index (χ0) is 9.90. The van der Waals surface area contributed by atoms with Crippen molar-refractivity contribution >= 4 is 10.0 Å². The highest BCUT2D eigenvalue weighted by Crippen LogP contribution is 2.04. The number of aryl methyl sites for hydroxylation is 1. The summed E-state index contributed by atoms with van der Waals surface area (Å²) in [6, 6.07) is 3.46. The Morgan fingerprint density at radius 2 is 2.23 bits per heavy atom. The predicted octanol–water partition coefficient (Wildman–Crippen LogP) is 0.439. The Labute approximate surface area is 78.1 Å². The maximum atomic E-state index is 11.1. The number of nitrogens with one attached hydrogen (secondary N) is 1. The van der Waals surface area contributed by atoms with Crippen molar-refractivity contribution in [1.82, 2.24) is 9.71 Å². The van der Waals surface area contributed by atoms with E-state index in [1.165, 1.54) is 7.05 Å². The van der Waals surface area contributed by atoms with Crippen LogP contribution in [-0.4, -0.2) is 20.4 Å². The molecule has 1 rings (SSSR count). The van der Waals surface area contributed by atoms with Gasteiger partial charge in [-0.05, 0) is 31.7 Å². The Kier molecular flexibility index (Phi) is 3.00. The van der Waals surface area contributed by atoms with Crippen molar-refractivity contribution in [3.63, 3.8) is 0 Å². The molecule has 13 heavy (non-hydrogen) atoms. The number of aromatic nitrogens is 1. The molecule has 0 bridgehead atoms. The van der Waals surface area contributed by atoms with Gasteiger partial charge in [-0.15, -0.1) is 0 Å². The molecule has 0 radical (unpaired) electrons. The Morgan fingerprint density at radius 3 is 2.77 bits per heavy atom. The number of sulfonamides is 1. The lowest BCUT2D eigenvalue weighted by atomic mass is 10.2. The minimum atomic E-state index is -3.17. The van der Waals surface area contributed by atoms with Gasteiger partial charge >= 0.3 is 0 Å². The molecule has 0 fully saturated rings. The molecule has 5 heteroatoms. The maximum absolute atomic E-state index is 11.1. The topological polar surface area (TPSA) is 59.1 Å². The van der Waals surface area contributed by atoms with Gasteiger partial charge in [0.2, 0.25) is 10.0 Å². The molecule has 0 atom stereocenters. The van der Waals surface area contributed by atoms with Gasteiger partial charge in [-0.25, -0.2) is 13.1 Å². The van der Waals surface area contributed by atoms with Crippen LogP contribution < -0.4 is 4.72 Å². The summed E-state index contributed by atoms with van der Waals surface area (Å²) in [4.78, 5) is 3.98. The van der Waals surface area contributed by atoms with Crippen LogP contribution in [-0.2, 0) is 15.8 Å². The first kappa shape index (κ1) is 10.1. The van der Waals surface area contributed by atoms with Crippen molar-refractivity contribution in [2.24, 2.45) is 0 Å². The molecule has 0 saturated heterocycles. The minimum Gasteiger partial charge on any atom is -0.262 e. The summed E-state index contributed by atoms with van der Waals surface area (Å²) in [5, 5.41) is 0. The lowest BCUT2D eigenvalue weighted by Gasteiger charge is -2.02. The van der Waals surface area contributed by atoms with Crippen LogP contribution in [0.3, 0.4) is 0 Å². The first-order valence-electron chi connectivity index (χ1n) is 3.86. The minimum absolute atomic E-state index is 0.00681. The second-order valence-electron chi connectivity index (χ2n) is 2.77. The third-order valence-electron chi connectivity index (χ3n) is 1.63. The third-order valence-corrected chi connectivity index (χ3v) is 2.96. The van der Waals surface area contributed by atoms with Gasteiger partial charge in [0, 0.05) is 11.9 Å². The van der Waals surface area contributed by atoms with Crippen LogP contribution in [0.1, 0.15) is 11.3 Å². The summed E-state index contributed by atoms with van der Waals surface area (Å²) >= 11 is 0. The fourth-order valence-electron chi connectivity index (χ4n) is 0.986. The third kappa shape index (κ3) is 3.12. The summed E-state index contributed by atoms with van der Waals surface area (Å²) in [6.45, 7) is 1.83. The highest BCUT2D eigenvalue weighted by Gasteiger charge is 2.07. The number of nitrogens with zero attached hydrogens (tertiary/aromatic N) is 1. The molecule has 1 aromatic heterocycles. The number of rotatable bonds is 3. The second-order valence-corrected chi connectivity index (χ2v) is 4.70. The number of pyridine rings is 1. The summed E-state index contributed by atoms with van der Waals surface area (Å²) in [5.74, 6) is 0.00681. The summed E-state index contributed by atoms with van der Waals surface area (Å²) in [5.41, 5.74) is 1.57. The van der Waals surface area contributed by atoms with E-state index >= 15 is 0 Å². The Balaban J connectivity index is 2.87. The van der Waals surface area contributed by atoms with Crippen LogP contribution in [0.2, 0.25) is 0 Å². The largest absolute Gasteiger partial charge is 0.262 e. The number of hydrogen-bond acceptors (Lipinski definition) is 3. The van der Waals surface area contributed by atoms with Crippen molar-refractivity contribution in [1.29, 1.82) is 0 Å². The van der Waals surface area contributed by atoms with E-state index in [0.717, 1.165) is 11.3 Å². The molecule has 1 N–H and O–H groups in total. The molecule has 0 aromatic carbocycles. The van der Waals surface area contributed by atoms with E-state index in [0.29, 0.717) is 0 Å². The molecule has 72 valence electrons. The average molecular weight is 200 g/mol. The van der Waals surface area contributed by atoms with Gasteiger partial charge in [0.25, 0.3) is 0 Å². The quantitative estimate of drug-likeness (QED) is 0.770. The van der Waals surface area contributed by atoms with Gasteiger partial charge in [-0.3, -0.25) is 4.98 Å². The van der Waals surface area contributed by atoms with Crippen LogP contribution >= 0.6 is 0 Å². The van der Waals surface area contributed by atoms with Gasteiger partial charge < -0.3 is 0 Å². The average Bonchev–Trinajstić information content (AvgIpc) is 2.03. The molecule has 0 unspecified atom stereocenters. The predicted molar refractivity (Wildman–Crippen MR) is 50.7 cm³/mol. The van der Waals surface area contributed by atoms with Crippen molar-refractivity contribution in [2.75, 3.05) is 7.05 Å². The highest BCUT2D eigenvalue weighted by molar-refractivity contribution is 7.88. The molecule has 0 spiro atoms. The molecule has 0 aliphatic heterocycles. The standard InChI is InChI=1S/C8H12N2O2S/c1-7-5-8(3-4-10-7)6-13(11,12)9-2/h3-5,9H,6H2,1-2H3. The lowest BCUT2D eigenvalue weighted by molar-refractivity contribution is 0.587. The SMILES string of the molecule is CNS(=O)(=O)Cc1ccnc(C)c1. The first-order valence-corrected chi connectivity index (χ1v) is 5.51. The van der Waals surface area contributed by atoms with E-state index < -0.39 is 10.0 Å². The van der Waals surface area contributed by atoms with Crippen molar-refractivity contribution < 1.29 is 8.42 Å². The molecule has 1 aromatic rings. The van der Waals surface area contributed by atoms with Crippen LogP contribution in [0.15, 0.2) is 18.3 Å². The molecular weight excluding hydrogens is 188 g/mol. The van der Waals surface area contributed by atoms with E-state index in [9.17, 15) is 8.42 Å². The van der Waals surface area contributed by atoms with Crippen LogP contribution in [0, 0.1) is 6.92 Å². The molecule has 0 amide bonds. The van der Waals surface area contributed by atoms with Crippen LogP contribution in [0.4, 0.5) is 0 Å². The van der Waals surface area contributed by atoms with Gasteiger partial charge in [0.15, 0.2) is 0 Å². The molecule has 1 heterocycles. The highest BCUT2D eigenvalue weighted by atomic mass is 32.2. The molecule has 4 nitrogen and oxygen atoms in total. The van der Waals surface area contributed by atoms with Crippen molar-refractivity contribution in [2.45, 2.75) is 12.7 Å². The summed E-state index contributed by atoms with van der Waals surface area (Å²) in [7, 11) is -1.76. The van der Waals surface area contributed by atoms with Gasteiger partial charge in [0.05, 0.1) is 5.75 Å². The van der Waals surface area contributed by atoms with Crippen LogP contribution in [0.5, 0.6) is 0 Å². The second kappa shape index (κ2) is 3.85. The fourth-order valence-corrected chi connectivity index (χ4v) is 1.75. The van der Waals surface area contributed by atoms with Gasteiger partial charge in [-0.1, -0.05) is 0 Å². The molecule has 0 aliphatic rings. The first-order chi connectivity index (χ1) is 6.03. The number of hydrogen-bond donors (Lipinski definition) is 1. The van der Waals surface area contributed by atoms with Crippen LogP contribution in [0.25, 0.3) is 0 Å². The summed E-state index contributed by atoms with van der Waals surface area (Å²) < 4.78 is 24.6. The fraction of sp³-hybridized carbons (Fsp3) is 0.375. The lowest BCUT2D eigenvalue weighted by Crippen LogP contribution is -2.20. The normalized spacial score (nSPS) is 11.5. The maximum Gasteiger partial charge on any atom is 0.215 e. The zero-order valence-electron chi connectivity index (χ0n) is 7.61. The van der Waals surface area contributed by atoms with Gasteiger partial charge in [-0.2, -0.15) is 0 Å². The van der Waals surface area contributed by atoms with Gasteiger partial charge in [0.1, 0.15) is 0 Å². The molecule has 0 saturated carbocycles.